The van der Waals surface area contributed by atoms with Crippen molar-refractivity contribution in [3.63, 3.8) is 0 Å². The van der Waals surface area contributed by atoms with E-state index in [1.165, 1.54) is 28.0 Å². The van der Waals surface area contributed by atoms with Gasteiger partial charge < -0.3 is 14.5 Å². The minimum atomic E-state index is 0.540. The van der Waals surface area contributed by atoms with Crippen LogP contribution in [0.3, 0.4) is 0 Å². The highest BCUT2D eigenvalue weighted by atomic mass is 16.5. The molecule has 3 aromatic rings. The standard InChI is InChI=1S/C23H28N4O/c1-17-3-2-4-21-22(17)23(25-24-21)18-9-11-26(12-10-18)19-5-7-20(8-6-19)27-13-15-28-16-14-27/h2-8,18H,9-16H2,1H3,(H,24,25). The number of hydrogen-bond donors (Lipinski definition) is 1. The monoisotopic (exact) mass is 376 g/mol. The summed E-state index contributed by atoms with van der Waals surface area (Å²) >= 11 is 0. The summed E-state index contributed by atoms with van der Waals surface area (Å²) in [4.78, 5) is 4.92. The molecule has 0 saturated carbocycles. The molecule has 5 rings (SSSR count). The molecule has 2 saturated heterocycles. The summed E-state index contributed by atoms with van der Waals surface area (Å²) in [6.45, 7) is 7.99. The number of piperidine rings is 1. The van der Waals surface area contributed by atoms with Crippen molar-refractivity contribution in [1.82, 2.24) is 10.2 Å². The van der Waals surface area contributed by atoms with Gasteiger partial charge in [-0.3, -0.25) is 5.10 Å². The smallest absolute Gasteiger partial charge is 0.0735 e. The average Bonchev–Trinajstić information content (AvgIpc) is 3.20. The number of morpholine rings is 1. The Morgan fingerprint density at radius 2 is 1.54 bits per heavy atom. The highest BCUT2D eigenvalue weighted by Gasteiger charge is 2.25. The Balaban J connectivity index is 1.26. The highest BCUT2D eigenvalue weighted by Crippen LogP contribution is 2.34. The zero-order chi connectivity index (χ0) is 18.9. The molecule has 1 N–H and O–H groups in total. The zero-order valence-corrected chi connectivity index (χ0v) is 16.5. The van der Waals surface area contributed by atoms with Crippen LogP contribution < -0.4 is 9.80 Å². The number of aryl methyl sites for hydroxylation is 1. The molecule has 3 heterocycles. The number of rotatable bonds is 3. The van der Waals surface area contributed by atoms with Crippen molar-refractivity contribution in [3.05, 3.63) is 53.7 Å². The quantitative estimate of drug-likeness (QED) is 0.748. The highest BCUT2D eigenvalue weighted by molar-refractivity contribution is 5.85. The van der Waals surface area contributed by atoms with Crippen LogP contribution in [0.15, 0.2) is 42.5 Å². The number of fused-ring (bicyclic) bond motifs is 1. The number of hydrogen-bond acceptors (Lipinski definition) is 4. The van der Waals surface area contributed by atoms with Gasteiger partial charge in [0.05, 0.1) is 24.4 Å². The molecule has 1 aromatic heterocycles. The zero-order valence-electron chi connectivity index (χ0n) is 16.5. The van der Waals surface area contributed by atoms with Gasteiger partial charge in [-0.15, -0.1) is 0 Å². The minimum absolute atomic E-state index is 0.540. The van der Waals surface area contributed by atoms with E-state index < -0.39 is 0 Å². The summed E-state index contributed by atoms with van der Waals surface area (Å²) in [5.41, 5.74) is 6.38. The molecule has 28 heavy (non-hydrogen) atoms. The largest absolute Gasteiger partial charge is 0.378 e. The fourth-order valence-electron chi connectivity index (χ4n) is 4.68. The summed E-state index contributed by atoms with van der Waals surface area (Å²) < 4.78 is 5.46. The molecule has 0 amide bonds. The number of nitrogens with zero attached hydrogens (tertiary/aromatic N) is 3. The summed E-state index contributed by atoms with van der Waals surface area (Å²) in [5.74, 6) is 0.540. The maximum Gasteiger partial charge on any atom is 0.0735 e. The van der Waals surface area contributed by atoms with Crippen molar-refractivity contribution in [1.29, 1.82) is 0 Å². The third-order valence-corrected chi connectivity index (χ3v) is 6.30. The molecule has 5 nitrogen and oxygen atoms in total. The predicted octanol–water partition coefficient (Wildman–Crippen LogP) is 4.09. The van der Waals surface area contributed by atoms with Gasteiger partial charge in [0.2, 0.25) is 0 Å². The van der Waals surface area contributed by atoms with E-state index in [1.54, 1.807) is 0 Å². The number of ether oxygens (including phenoxy) is 1. The molecule has 0 atom stereocenters. The van der Waals surface area contributed by atoms with Gasteiger partial charge in [0.15, 0.2) is 0 Å². The molecule has 2 aliphatic rings. The fourth-order valence-corrected chi connectivity index (χ4v) is 4.68. The molecule has 0 radical (unpaired) electrons. The maximum atomic E-state index is 5.46. The molecule has 146 valence electrons. The van der Waals surface area contributed by atoms with Crippen LogP contribution in [0.4, 0.5) is 11.4 Å². The SMILES string of the molecule is Cc1cccc2[nH]nc(C3CCN(c4ccc(N5CCOCC5)cc4)CC3)c12. The van der Waals surface area contributed by atoms with Gasteiger partial charge in [0.25, 0.3) is 0 Å². The van der Waals surface area contributed by atoms with Crippen molar-refractivity contribution in [2.75, 3.05) is 49.2 Å². The Bertz CT molecular complexity index is 935. The number of H-pyrrole nitrogens is 1. The van der Waals surface area contributed by atoms with E-state index in [-0.39, 0.29) is 0 Å². The number of aromatic amines is 1. The maximum absolute atomic E-state index is 5.46. The molecule has 2 fully saturated rings. The van der Waals surface area contributed by atoms with Gasteiger partial charge in [-0.2, -0.15) is 5.10 Å². The lowest BCUT2D eigenvalue weighted by Crippen LogP contribution is -2.36. The first kappa shape index (κ1) is 17.6. The van der Waals surface area contributed by atoms with Crippen LogP contribution in [-0.4, -0.2) is 49.6 Å². The lowest BCUT2D eigenvalue weighted by molar-refractivity contribution is 0.122. The van der Waals surface area contributed by atoms with Gasteiger partial charge in [-0.05, 0) is 55.7 Å². The van der Waals surface area contributed by atoms with E-state index in [9.17, 15) is 0 Å². The Hall–Kier alpha value is -2.53. The Labute approximate surface area is 166 Å². The summed E-state index contributed by atoms with van der Waals surface area (Å²) in [6.07, 6.45) is 2.30. The third kappa shape index (κ3) is 3.24. The second-order valence-corrected chi connectivity index (χ2v) is 7.98. The number of aromatic nitrogens is 2. The Morgan fingerprint density at radius 1 is 0.893 bits per heavy atom. The van der Waals surface area contributed by atoms with Crippen LogP contribution >= 0.6 is 0 Å². The number of nitrogens with one attached hydrogen (secondary N) is 1. The normalized spacial score (nSPS) is 18.8. The topological polar surface area (TPSA) is 44.4 Å². The second kappa shape index (κ2) is 7.47. The van der Waals surface area contributed by atoms with Crippen molar-refractivity contribution in [2.24, 2.45) is 0 Å². The fraction of sp³-hybridized carbons (Fsp3) is 0.435. The summed E-state index contributed by atoms with van der Waals surface area (Å²) in [5, 5.41) is 9.24. The van der Waals surface area contributed by atoms with Gasteiger partial charge in [-0.1, -0.05) is 12.1 Å². The lowest BCUT2D eigenvalue weighted by Gasteiger charge is -2.34. The molecule has 0 aliphatic carbocycles. The van der Waals surface area contributed by atoms with Crippen LogP contribution in [0.5, 0.6) is 0 Å². The first-order chi connectivity index (χ1) is 13.8. The van der Waals surface area contributed by atoms with Crippen molar-refractivity contribution in [2.45, 2.75) is 25.7 Å². The molecular formula is C23H28N4O. The first-order valence-electron chi connectivity index (χ1n) is 10.4. The van der Waals surface area contributed by atoms with Crippen LogP contribution in [0.2, 0.25) is 0 Å². The first-order valence-corrected chi connectivity index (χ1v) is 10.4. The summed E-state index contributed by atoms with van der Waals surface area (Å²) in [7, 11) is 0. The lowest BCUT2D eigenvalue weighted by atomic mass is 9.90. The average molecular weight is 377 g/mol. The van der Waals surface area contributed by atoms with E-state index in [2.05, 4.69) is 69.4 Å². The van der Waals surface area contributed by atoms with Gasteiger partial charge in [0.1, 0.15) is 0 Å². The van der Waals surface area contributed by atoms with Crippen LogP contribution in [0, 0.1) is 6.92 Å². The van der Waals surface area contributed by atoms with E-state index in [1.807, 2.05) is 0 Å². The molecule has 2 aliphatic heterocycles. The number of benzene rings is 2. The van der Waals surface area contributed by atoms with Gasteiger partial charge in [0, 0.05) is 48.9 Å². The van der Waals surface area contributed by atoms with E-state index >= 15 is 0 Å². The van der Waals surface area contributed by atoms with Crippen molar-refractivity contribution >= 4 is 22.3 Å². The minimum Gasteiger partial charge on any atom is -0.378 e. The molecule has 0 bridgehead atoms. The van der Waals surface area contributed by atoms with Crippen molar-refractivity contribution in [3.8, 4) is 0 Å². The van der Waals surface area contributed by atoms with Gasteiger partial charge in [-0.25, -0.2) is 0 Å². The van der Waals surface area contributed by atoms with Gasteiger partial charge >= 0.3 is 0 Å². The predicted molar refractivity (Wildman–Crippen MR) is 114 cm³/mol. The molecular weight excluding hydrogens is 348 g/mol. The molecule has 0 spiro atoms. The third-order valence-electron chi connectivity index (χ3n) is 6.30. The van der Waals surface area contributed by atoms with E-state index in [4.69, 9.17) is 4.74 Å². The number of anilines is 2. The van der Waals surface area contributed by atoms with Crippen LogP contribution in [0.25, 0.3) is 10.9 Å². The van der Waals surface area contributed by atoms with Crippen LogP contribution in [-0.2, 0) is 4.74 Å². The Kier molecular flexibility index (Phi) is 4.69. The van der Waals surface area contributed by atoms with E-state index in [0.29, 0.717) is 5.92 Å². The molecule has 2 aromatic carbocycles. The van der Waals surface area contributed by atoms with Crippen molar-refractivity contribution < 1.29 is 4.74 Å². The van der Waals surface area contributed by atoms with Crippen LogP contribution in [0.1, 0.15) is 30.0 Å². The molecule has 0 unspecified atom stereocenters. The summed E-state index contributed by atoms with van der Waals surface area (Å²) in [6, 6.07) is 15.5. The Morgan fingerprint density at radius 3 is 2.21 bits per heavy atom. The molecule has 5 heteroatoms. The van der Waals surface area contributed by atoms with E-state index in [0.717, 1.165) is 57.8 Å². The second-order valence-electron chi connectivity index (χ2n) is 7.98.